The van der Waals surface area contributed by atoms with Crippen LogP contribution in [0.5, 0.6) is 0 Å². The van der Waals surface area contributed by atoms with E-state index < -0.39 is 0 Å². The standard InChI is InChI=1S/C19H27N7O/c1-11(2)12(3)26-10-13(17-16(19(26)27)18(20)22-21-17)14-9-15(24(4)23-14)25-7-5-6-8-25/h9-12H,5-8H2,1-4H3,(H3,20,21,22)/t12-/m0/s1. The summed E-state index contributed by atoms with van der Waals surface area (Å²) >= 11 is 0. The number of anilines is 2. The summed E-state index contributed by atoms with van der Waals surface area (Å²) in [6, 6.07) is 2.13. The van der Waals surface area contributed by atoms with Gasteiger partial charge in [0.2, 0.25) is 0 Å². The SMILES string of the molecule is CC(C)[C@H](C)n1cc(-c2cc(N3CCCC3)n(C)n2)c2[nH]nc(N)c2c1=O. The molecule has 0 amide bonds. The summed E-state index contributed by atoms with van der Waals surface area (Å²) in [7, 11) is 1.96. The molecule has 0 bridgehead atoms. The maximum atomic E-state index is 13.0. The minimum absolute atomic E-state index is 0.0386. The highest BCUT2D eigenvalue weighted by Gasteiger charge is 2.23. The molecule has 1 saturated heterocycles. The Labute approximate surface area is 158 Å². The van der Waals surface area contributed by atoms with Gasteiger partial charge in [-0.2, -0.15) is 10.2 Å². The number of nitrogens with two attached hydrogens (primary N) is 1. The second-order valence-corrected chi connectivity index (χ2v) is 7.80. The molecule has 0 aliphatic carbocycles. The van der Waals surface area contributed by atoms with Gasteiger partial charge >= 0.3 is 0 Å². The van der Waals surface area contributed by atoms with E-state index in [0.29, 0.717) is 16.8 Å². The molecule has 3 N–H and O–H groups in total. The van der Waals surface area contributed by atoms with E-state index in [2.05, 4.69) is 35.0 Å². The maximum Gasteiger partial charge on any atom is 0.264 e. The van der Waals surface area contributed by atoms with Crippen LogP contribution in [0, 0.1) is 5.92 Å². The molecule has 8 heteroatoms. The van der Waals surface area contributed by atoms with Crippen LogP contribution >= 0.6 is 0 Å². The molecule has 4 heterocycles. The Hall–Kier alpha value is -2.77. The van der Waals surface area contributed by atoms with Crippen molar-refractivity contribution in [3.05, 3.63) is 22.6 Å². The van der Waals surface area contributed by atoms with Gasteiger partial charge in [-0.05, 0) is 25.7 Å². The third kappa shape index (κ3) is 2.79. The number of pyridine rings is 1. The van der Waals surface area contributed by atoms with Crippen molar-refractivity contribution in [1.82, 2.24) is 24.5 Å². The average molecular weight is 369 g/mol. The highest BCUT2D eigenvalue weighted by Crippen LogP contribution is 2.31. The van der Waals surface area contributed by atoms with Gasteiger partial charge in [0.1, 0.15) is 11.2 Å². The second kappa shape index (κ2) is 6.44. The minimum Gasteiger partial charge on any atom is -0.382 e. The average Bonchev–Trinajstić information content (AvgIpc) is 3.35. The molecule has 0 saturated carbocycles. The maximum absolute atomic E-state index is 13.0. The Balaban J connectivity index is 1.93. The molecule has 4 rings (SSSR count). The van der Waals surface area contributed by atoms with E-state index in [9.17, 15) is 4.79 Å². The first-order chi connectivity index (χ1) is 12.9. The molecule has 3 aromatic heterocycles. The molecular formula is C19H27N7O. The smallest absolute Gasteiger partial charge is 0.264 e. The van der Waals surface area contributed by atoms with Crippen molar-refractivity contribution in [3.8, 4) is 11.3 Å². The summed E-state index contributed by atoms with van der Waals surface area (Å²) in [5.74, 6) is 1.64. The number of fused-ring (bicyclic) bond motifs is 1. The molecule has 144 valence electrons. The van der Waals surface area contributed by atoms with Crippen LogP contribution in [-0.2, 0) is 7.05 Å². The third-order valence-electron chi connectivity index (χ3n) is 5.74. The van der Waals surface area contributed by atoms with Crippen LogP contribution in [-0.4, -0.2) is 37.6 Å². The third-order valence-corrected chi connectivity index (χ3v) is 5.74. The van der Waals surface area contributed by atoms with E-state index >= 15 is 0 Å². The number of nitrogens with zero attached hydrogens (tertiary/aromatic N) is 5. The van der Waals surface area contributed by atoms with Crippen molar-refractivity contribution in [3.63, 3.8) is 0 Å². The zero-order chi connectivity index (χ0) is 19.3. The van der Waals surface area contributed by atoms with Gasteiger partial charge in [0.15, 0.2) is 5.82 Å². The monoisotopic (exact) mass is 369 g/mol. The predicted octanol–water partition coefficient (Wildman–Crippen LogP) is 2.52. The lowest BCUT2D eigenvalue weighted by Gasteiger charge is -2.20. The normalized spacial score (nSPS) is 16.0. The quantitative estimate of drug-likeness (QED) is 0.736. The first kappa shape index (κ1) is 17.6. The summed E-state index contributed by atoms with van der Waals surface area (Å²) in [5, 5.41) is 12.2. The van der Waals surface area contributed by atoms with Gasteiger partial charge in [0.05, 0.1) is 11.2 Å². The number of nitrogens with one attached hydrogen (secondary N) is 1. The van der Waals surface area contributed by atoms with Gasteiger partial charge < -0.3 is 15.2 Å². The van der Waals surface area contributed by atoms with Crippen molar-refractivity contribution < 1.29 is 0 Å². The number of aromatic amines is 1. The van der Waals surface area contributed by atoms with Crippen molar-refractivity contribution in [2.75, 3.05) is 23.7 Å². The van der Waals surface area contributed by atoms with Crippen molar-refractivity contribution >= 4 is 22.5 Å². The number of rotatable bonds is 4. The Morgan fingerprint density at radius 1 is 1.22 bits per heavy atom. The van der Waals surface area contributed by atoms with Gasteiger partial charge in [-0.25, -0.2) is 0 Å². The molecule has 0 unspecified atom stereocenters. The molecule has 0 radical (unpaired) electrons. The summed E-state index contributed by atoms with van der Waals surface area (Å²) in [6.45, 7) is 8.36. The lowest BCUT2D eigenvalue weighted by Crippen LogP contribution is -2.26. The fourth-order valence-electron chi connectivity index (χ4n) is 3.81. The largest absolute Gasteiger partial charge is 0.382 e. The van der Waals surface area contributed by atoms with Crippen LogP contribution in [0.15, 0.2) is 17.1 Å². The topological polar surface area (TPSA) is 97.8 Å². The van der Waals surface area contributed by atoms with E-state index in [-0.39, 0.29) is 17.4 Å². The summed E-state index contributed by atoms with van der Waals surface area (Å²) in [4.78, 5) is 15.4. The molecule has 1 atom stereocenters. The number of hydrogen-bond donors (Lipinski definition) is 2. The van der Waals surface area contributed by atoms with Crippen LogP contribution in [0.3, 0.4) is 0 Å². The lowest BCUT2D eigenvalue weighted by atomic mass is 10.0. The molecule has 27 heavy (non-hydrogen) atoms. The lowest BCUT2D eigenvalue weighted by molar-refractivity contribution is 0.400. The minimum atomic E-state index is -0.114. The molecule has 1 fully saturated rings. The summed E-state index contributed by atoms with van der Waals surface area (Å²) in [5.41, 5.74) is 8.22. The van der Waals surface area contributed by atoms with E-state index in [0.717, 1.165) is 30.2 Å². The Kier molecular flexibility index (Phi) is 4.20. The van der Waals surface area contributed by atoms with Crippen molar-refractivity contribution in [1.29, 1.82) is 0 Å². The second-order valence-electron chi connectivity index (χ2n) is 7.80. The Bertz CT molecular complexity index is 1040. The first-order valence-electron chi connectivity index (χ1n) is 9.56. The fraction of sp³-hybridized carbons (Fsp3) is 0.526. The first-order valence-corrected chi connectivity index (χ1v) is 9.56. The van der Waals surface area contributed by atoms with Crippen molar-refractivity contribution in [2.24, 2.45) is 13.0 Å². The zero-order valence-corrected chi connectivity index (χ0v) is 16.4. The van der Waals surface area contributed by atoms with E-state index in [4.69, 9.17) is 10.8 Å². The molecule has 0 aromatic carbocycles. The van der Waals surface area contributed by atoms with E-state index in [1.807, 2.05) is 24.9 Å². The van der Waals surface area contributed by atoms with Crippen molar-refractivity contribution in [2.45, 2.75) is 39.7 Å². The van der Waals surface area contributed by atoms with Gasteiger partial charge in [-0.15, -0.1) is 0 Å². The van der Waals surface area contributed by atoms with Gasteiger partial charge in [-0.3, -0.25) is 14.6 Å². The molecular weight excluding hydrogens is 342 g/mol. The number of aromatic nitrogens is 5. The molecule has 1 aliphatic heterocycles. The van der Waals surface area contributed by atoms with Gasteiger partial charge in [0.25, 0.3) is 5.56 Å². The van der Waals surface area contributed by atoms with Crippen LogP contribution < -0.4 is 16.2 Å². The zero-order valence-electron chi connectivity index (χ0n) is 16.4. The highest BCUT2D eigenvalue weighted by molar-refractivity contribution is 5.97. The molecule has 8 nitrogen and oxygen atoms in total. The predicted molar refractivity (Wildman–Crippen MR) is 108 cm³/mol. The van der Waals surface area contributed by atoms with Crippen LogP contribution in [0.1, 0.15) is 39.7 Å². The summed E-state index contributed by atoms with van der Waals surface area (Å²) < 4.78 is 3.67. The molecule has 1 aliphatic rings. The van der Waals surface area contributed by atoms with E-state index in [1.165, 1.54) is 12.8 Å². The van der Waals surface area contributed by atoms with Gasteiger partial charge in [0, 0.05) is 44.0 Å². The Morgan fingerprint density at radius 3 is 2.59 bits per heavy atom. The number of aryl methyl sites for hydroxylation is 1. The molecule has 3 aromatic rings. The fourth-order valence-corrected chi connectivity index (χ4v) is 3.81. The van der Waals surface area contributed by atoms with Crippen LogP contribution in [0.4, 0.5) is 11.6 Å². The van der Waals surface area contributed by atoms with E-state index in [1.54, 1.807) is 4.57 Å². The van der Waals surface area contributed by atoms with Crippen LogP contribution in [0.25, 0.3) is 22.2 Å². The molecule has 0 spiro atoms. The van der Waals surface area contributed by atoms with Crippen LogP contribution in [0.2, 0.25) is 0 Å². The number of H-pyrrole nitrogens is 1. The number of nitrogen functional groups attached to an aromatic ring is 1. The van der Waals surface area contributed by atoms with Gasteiger partial charge in [-0.1, -0.05) is 13.8 Å². The highest BCUT2D eigenvalue weighted by atomic mass is 16.1. The number of hydrogen-bond acceptors (Lipinski definition) is 5. The summed E-state index contributed by atoms with van der Waals surface area (Å²) in [6.07, 6.45) is 4.31. The Morgan fingerprint density at radius 2 is 1.93 bits per heavy atom.